The van der Waals surface area contributed by atoms with E-state index in [1.807, 2.05) is 32.1 Å². The summed E-state index contributed by atoms with van der Waals surface area (Å²) < 4.78 is 4.61. The van der Waals surface area contributed by atoms with E-state index in [2.05, 4.69) is 10.8 Å². The average Bonchev–Trinajstić information content (AvgIpc) is 2.16. The van der Waals surface area contributed by atoms with Crippen molar-refractivity contribution in [2.45, 2.75) is 26.7 Å². The highest BCUT2D eigenvalue weighted by atomic mass is 16.5. The summed E-state index contributed by atoms with van der Waals surface area (Å²) in [5.41, 5.74) is 0. The number of allylic oxidation sites excluding steroid dienone is 4. The molecule has 1 atom stereocenters. The van der Waals surface area contributed by atoms with Crippen LogP contribution in [-0.4, -0.2) is 13.1 Å². The van der Waals surface area contributed by atoms with Crippen molar-refractivity contribution in [3.05, 3.63) is 24.3 Å². The van der Waals surface area contributed by atoms with Gasteiger partial charge in [0.2, 0.25) is 0 Å². The van der Waals surface area contributed by atoms with E-state index >= 15 is 0 Å². The van der Waals surface area contributed by atoms with Crippen LogP contribution in [0.1, 0.15) is 26.7 Å². The minimum Gasteiger partial charge on any atom is -0.469 e. The van der Waals surface area contributed by atoms with Gasteiger partial charge in [-0.25, -0.2) is 0 Å². The van der Waals surface area contributed by atoms with Gasteiger partial charge in [-0.1, -0.05) is 31.2 Å². The molecule has 0 spiro atoms. The zero-order chi connectivity index (χ0) is 10.1. The van der Waals surface area contributed by atoms with Gasteiger partial charge < -0.3 is 4.74 Å². The molecule has 0 N–H and O–H groups in total. The smallest absolute Gasteiger partial charge is 0.308 e. The number of carbonyl (C=O) groups is 1. The Balaban J connectivity index is 3.58. The molecule has 0 bridgehead atoms. The monoisotopic (exact) mass is 182 g/mol. The number of esters is 1. The van der Waals surface area contributed by atoms with Crippen molar-refractivity contribution >= 4 is 5.97 Å². The number of hydrogen-bond donors (Lipinski definition) is 0. The molecule has 0 fully saturated rings. The topological polar surface area (TPSA) is 26.3 Å². The van der Waals surface area contributed by atoms with E-state index in [0.717, 1.165) is 12.8 Å². The van der Waals surface area contributed by atoms with Crippen molar-refractivity contribution in [3.63, 3.8) is 0 Å². The first-order valence-electron chi connectivity index (χ1n) is 4.58. The number of ether oxygens (including phenoxy) is 1. The molecular weight excluding hydrogens is 164 g/mol. The predicted molar refractivity (Wildman–Crippen MR) is 54.4 cm³/mol. The van der Waals surface area contributed by atoms with Gasteiger partial charge in [-0.2, -0.15) is 0 Å². The maximum atomic E-state index is 11.0. The van der Waals surface area contributed by atoms with Gasteiger partial charge in [0.05, 0.1) is 13.0 Å². The van der Waals surface area contributed by atoms with Crippen LogP contribution in [0.5, 0.6) is 0 Å². The second kappa shape index (κ2) is 7.59. The van der Waals surface area contributed by atoms with Crippen LogP contribution in [0, 0.1) is 5.92 Å². The largest absolute Gasteiger partial charge is 0.469 e. The minimum atomic E-state index is -0.126. The Hall–Kier alpha value is -1.05. The third-order valence-electron chi connectivity index (χ3n) is 1.81. The fourth-order valence-electron chi connectivity index (χ4n) is 0.951. The van der Waals surface area contributed by atoms with Crippen molar-refractivity contribution in [2.75, 3.05) is 7.11 Å². The summed E-state index contributed by atoms with van der Waals surface area (Å²) in [4.78, 5) is 11.0. The van der Waals surface area contributed by atoms with Crippen LogP contribution in [0.25, 0.3) is 0 Å². The van der Waals surface area contributed by atoms with E-state index in [0.29, 0.717) is 0 Å². The summed E-state index contributed by atoms with van der Waals surface area (Å²) in [7, 11) is 1.43. The van der Waals surface area contributed by atoms with Gasteiger partial charge in [0, 0.05) is 0 Å². The summed E-state index contributed by atoms with van der Waals surface area (Å²) in [6.45, 7) is 3.86. The zero-order valence-electron chi connectivity index (χ0n) is 8.62. The molecule has 2 nitrogen and oxygen atoms in total. The highest BCUT2D eigenvalue weighted by Crippen LogP contribution is 2.07. The highest BCUT2D eigenvalue weighted by molar-refractivity contribution is 5.71. The van der Waals surface area contributed by atoms with Gasteiger partial charge in [-0.3, -0.25) is 4.79 Å². The van der Waals surface area contributed by atoms with E-state index in [9.17, 15) is 4.79 Å². The second-order valence-corrected chi connectivity index (χ2v) is 2.96. The maximum absolute atomic E-state index is 11.0. The van der Waals surface area contributed by atoms with E-state index in [4.69, 9.17) is 0 Å². The maximum Gasteiger partial charge on any atom is 0.308 e. The summed E-state index contributed by atoms with van der Waals surface area (Å²) in [5, 5.41) is 0. The van der Waals surface area contributed by atoms with Crippen molar-refractivity contribution < 1.29 is 9.53 Å². The lowest BCUT2D eigenvalue weighted by molar-refractivity contribution is -0.144. The second-order valence-electron chi connectivity index (χ2n) is 2.96. The molecule has 0 aromatic carbocycles. The summed E-state index contributed by atoms with van der Waals surface area (Å²) in [5.74, 6) is -0.125. The van der Waals surface area contributed by atoms with Crippen molar-refractivity contribution in [2.24, 2.45) is 5.92 Å². The minimum absolute atomic E-state index is 0.000237. The van der Waals surface area contributed by atoms with Crippen LogP contribution in [0.3, 0.4) is 0 Å². The molecule has 2 heteroatoms. The Morgan fingerprint density at radius 2 is 2.15 bits per heavy atom. The van der Waals surface area contributed by atoms with Gasteiger partial charge >= 0.3 is 5.97 Å². The summed E-state index contributed by atoms with van der Waals surface area (Å²) >= 11 is 0. The molecule has 0 aliphatic heterocycles. The highest BCUT2D eigenvalue weighted by Gasteiger charge is 2.10. The van der Waals surface area contributed by atoms with Crippen LogP contribution in [-0.2, 0) is 9.53 Å². The standard InChI is InChI=1S/C11H18O2/c1-4-5-6-7-8-9-10(2)11(12)13-3/h4-7,10H,8-9H2,1-3H3. The van der Waals surface area contributed by atoms with Crippen LogP contribution in [0.4, 0.5) is 0 Å². The summed E-state index contributed by atoms with van der Waals surface area (Å²) in [6.07, 6.45) is 9.76. The molecule has 0 heterocycles. The molecule has 0 aromatic heterocycles. The molecule has 74 valence electrons. The Labute approximate surface area is 80.3 Å². The molecule has 0 aromatic rings. The molecule has 0 radical (unpaired) electrons. The van der Waals surface area contributed by atoms with Gasteiger partial charge in [0.1, 0.15) is 0 Å². The normalized spacial score (nSPS) is 13.8. The Morgan fingerprint density at radius 1 is 1.46 bits per heavy atom. The summed E-state index contributed by atoms with van der Waals surface area (Å²) in [6, 6.07) is 0. The Bertz CT molecular complexity index is 192. The van der Waals surface area contributed by atoms with E-state index in [1.54, 1.807) is 0 Å². The molecular formula is C11H18O2. The molecule has 13 heavy (non-hydrogen) atoms. The van der Waals surface area contributed by atoms with Gasteiger partial charge in [-0.15, -0.1) is 0 Å². The third-order valence-corrected chi connectivity index (χ3v) is 1.81. The molecule has 0 amide bonds. The van der Waals surface area contributed by atoms with Crippen molar-refractivity contribution in [1.29, 1.82) is 0 Å². The zero-order valence-corrected chi connectivity index (χ0v) is 8.62. The number of rotatable bonds is 5. The molecule has 0 aliphatic rings. The number of hydrogen-bond acceptors (Lipinski definition) is 2. The Morgan fingerprint density at radius 3 is 2.69 bits per heavy atom. The quantitative estimate of drug-likeness (QED) is 0.482. The van der Waals surface area contributed by atoms with E-state index in [-0.39, 0.29) is 11.9 Å². The van der Waals surface area contributed by atoms with Crippen molar-refractivity contribution in [1.82, 2.24) is 0 Å². The van der Waals surface area contributed by atoms with Gasteiger partial charge in [0.25, 0.3) is 0 Å². The third kappa shape index (κ3) is 6.14. The first-order valence-corrected chi connectivity index (χ1v) is 4.58. The van der Waals surface area contributed by atoms with E-state index in [1.165, 1.54) is 7.11 Å². The lowest BCUT2D eigenvalue weighted by atomic mass is 10.1. The van der Waals surface area contributed by atoms with Crippen LogP contribution >= 0.6 is 0 Å². The van der Waals surface area contributed by atoms with Crippen LogP contribution in [0.15, 0.2) is 24.3 Å². The first kappa shape index (κ1) is 11.9. The fraction of sp³-hybridized carbons (Fsp3) is 0.545. The van der Waals surface area contributed by atoms with E-state index < -0.39 is 0 Å². The molecule has 1 unspecified atom stereocenters. The van der Waals surface area contributed by atoms with Crippen LogP contribution < -0.4 is 0 Å². The lowest BCUT2D eigenvalue weighted by Gasteiger charge is -2.05. The lowest BCUT2D eigenvalue weighted by Crippen LogP contribution is -2.11. The Kier molecular flexibility index (Phi) is 6.98. The predicted octanol–water partition coefficient (Wildman–Crippen LogP) is 2.71. The SMILES string of the molecule is CC=CC=CCCC(C)C(=O)OC. The number of methoxy groups -OCH3 is 1. The number of carbonyl (C=O) groups excluding carboxylic acids is 1. The molecule has 0 rings (SSSR count). The van der Waals surface area contributed by atoms with Gasteiger partial charge in [-0.05, 0) is 19.8 Å². The first-order chi connectivity index (χ1) is 6.22. The molecule has 0 saturated carbocycles. The fourth-order valence-corrected chi connectivity index (χ4v) is 0.951. The molecule has 0 aliphatic carbocycles. The van der Waals surface area contributed by atoms with Gasteiger partial charge in [0.15, 0.2) is 0 Å². The van der Waals surface area contributed by atoms with Crippen molar-refractivity contribution in [3.8, 4) is 0 Å². The molecule has 0 saturated heterocycles. The van der Waals surface area contributed by atoms with Crippen LogP contribution in [0.2, 0.25) is 0 Å². The average molecular weight is 182 g/mol.